The second-order valence-corrected chi connectivity index (χ2v) is 13.2. The van der Waals surface area contributed by atoms with Crippen molar-refractivity contribution in [3.63, 3.8) is 0 Å². The third-order valence-corrected chi connectivity index (χ3v) is 8.58. The van der Waals surface area contributed by atoms with E-state index in [1.165, 1.54) is 4.90 Å². The number of aliphatic hydroxyl groups is 1. The van der Waals surface area contributed by atoms with Crippen LogP contribution in [0.3, 0.4) is 0 Å². The van der Waals surface area contributed by atoms with Crippen LogP contribution in [-0.2, 0) is 19.1 Å². The maximum Gasteiger partial charge on any atom is 0.249 e. The van der Waals surface area contributed by atoms with E-state index in [1.807, 2.05) is 44.2 Å². The number of benzene rings is 1. The fourth-order valence-electron chi connectivity index (χ4n) is 7.61. The van der Waals surface area contributed by atoms with Crippen LogP contribution in [-0.4, -0.2) is 82.2 Å². The summed E-state index contributed by atoms with van der Waals surface area (Å²) in [5, 5.41) is 9.95. The molecule has 3 aliphatic rings. The third kappa shape index (κ3) is 5.12. The maximum absolute atomic E-state index is 14.6. The Morgan fingerprint density at radius 3 is 2.33 bits per heavy atom. The van der Waals surface area contributed by atoms with Crippen molar-refractivity contribution in [1.82, 2.24) is 9.80 Å². The minimum Gasteiger partial charge on any atom is -0.395 e. The van der Waals surface area contributed by atoms with Crippen molar-refractivity contribution >= 4 is 23.4 Å². The van der Waals surface area contributed by atoms with Gasteiger partial charge in [-0.25, -0.2) is 0 Å². The molecule has 1 aromatic rings. The summed E-state index contributed by atoms with van der Waals surface area (Å²) in [4.78, 5) is 47.8. The highest BCUT2D eigenvalue weighted by atomic mass is 16.5. The van der Waals surface area contributed by atoms with Crippen LogP contribution < -0.4 is 4.90 Å². The molecular formula is C32H45N3O5. The van der Waals surface area contributed by atoms with Crippen LogP contribution in [0, 0.1) is 17.3 Å². The number of aliphatic hydroxyl groups excluding tert-OH is 1. The van der Waals surface area contributed by atoms with Gasteiger partial charge >= 0.3 is 0 Å². The number of rotatable bonds is 11. The largest absolute Gasteiger partial charge is 0.395 e. The lowest BCUT2D eigenvalue weighted by molar-refractivity contribution is -0.153. The van der Waals surface area contributed by atoms with E-state index in [4.69, 9.17) is 4.74 Å². The first-order chi connectivity index (χ1) is 18.8. The highest BCUT2D eigenvalue weighted by Gasteiger charge is 2.75. The van der Waals surface area contributed by atoms with E-state index in [1.54, 1.807) is 22.0 Å². The fourth-order valence-corrected chi connectivity index (χ4v) is 7.61. The molecule has 0 radical (unpaired) electrons. The number of anilines is 1. The summed E-state index contributed by atoms with van der Waals surface area (Å²) >= 11 is 0. The number of hydrogen-bond acceptors (Lipinski definition) is 5. The van der Waals surface area contributed by atoms with Gasteiger partial charge < -0.3 is 24.5 Å². The predicted octanol–water partition coefficient (Wildman–Crippen LogP) is 3.80. The average molecular weight is 552 g/mol. The minimum atomic E-state index is -1.12. The van der Waals surface area contributed by atoms with Crippen molar-refractivity contribution in [2.24, 2.45) is 17.3 Å². The van der Waals surface area contributed by atoms with Crippen molar-refractivity contribution < 1.29 is 24.2 Å². The molecule has 40 heavy (non-hydrogen) atoms. The third-order valence-electron chi connectivity index (χ3n) is 8.58. The molecule has 1 spiro atoms. The maximum atomic E-state index is 14.6. The number of β-amino-alcohol motifs (C(OH)–C–C–N with tert-alkyl or cyclic N) is 1. The van der Waals surface area contributed by atoms with E-state index in [-0.39, 0.29) is 42.8 Å². The molecule has 3 heterocycles. The van der Waals surface area contributed by atoms with Gasteiger partial charge in [0, 0.05) is 30.9 Å². The van der Waals surface area contributed by atoms with Crippen molar-refractivity contribution in [2.75, 3.05) is 31.1 Å². The van der Waals surface area contributed by atoms with E-state index >= 15 is 0 Å². The fraction of sp³-hybridized carbons (Fsp3) is 0.594. The van der Waals surface area contributed by atoms with Crippen molar-refractivity contribution in [3.05, 3.63) is 55.6 Å². The molecule has 0 saturated carbocycles. The lowest BCUT2D eigenvalue weighted by Crippen LogP contribution is -2.61. The number of para-hydroxylation sites is 1. The first kappa shape index (κ1) is 30.0. The summed E-state index contributed by atoms with van der Waals surface area (Å²) in [6.45, 7) is 18.5. The molecule has 8 heteroatoms. The summed E-state index contributed by atoms with van der Waals surface area (Å²) < 4.78 is 6.61. The quantitative estimate of drug-likeness (QED) is 0.423. The summed E-state index contributed by atoms with van der Waals surface area (Å²) in [6.07, 6.45) is 4.73. The Hall–Kier alpha value is -2.97. The van der Waals surface area contributed by atoms with Gasteiger partial charge in [0.2, 0.25) is 17.7 Å². The summed E-state index contributed by atoms with van der Waals surface area (Å²) in [5.41, 5.74) is -0.990. The molecule has 8 nitrogen and oxygen atoms in total. The molecule has 2 bridgehead atoms. The zero-order valence-electron chi connectivity index (χ0n) is 24.6. The van der Waals surface area contributed by atoms with Crippen LogP contribution >= 0.6 is 0 Å². The number of carbonyl (C=O) groups is 3. The number of carbonyl (C=O) groups excluding carboxylic acids is 3. The van der Waals surface area contributed by atoms with E-state index in [0.29, 0.717) is 19.4 Å². The number of nitrogens with zero attached hydrogens (tertiary/aromatic N) is 3. The number of likely N-dealkylation sites (tertiary alicyclic amines) is 1. The highest BCUT2D eigenvalue weighted by Crippen LogP contribution is 2.59. The lowest BCUT2D eigenvalue weighted by Gasteiger charge is -2.45. The van der Waals surface area contributed by atoms with Crippen LogP contribution in [0.5, 0.6) is 0 Å². The van der Waals surface area contributed by atoms with Crippen molar-refractivity contribution in [3.8, 4) is 0 Å². The topological polar surface area (TPSA) is 90.4 Å². The monoisotopic (exact) mass is 551 g/mol. The van der Waals surface area contributed by atoms with Gasteiger partial charge in [0.1, 0.15) is 11.6 Å². The normalized spacial score (nSPS) is 27.4. The van der Waals surface area contributed by atoms with Gasteiger partial charge in [-0.15, -0.1) is 13.2 Å². The van der Waals surface area contributed by atoms with Gasteiger partial charge in [0.25, 0.3) is 0 Å². The first-order valence-corrected chi connectivity index (χ1v) is 14.3. The standard InChI is InChI=1S/C32H45N3O5/c1-8-17-33(22-13-11-10-12-14-22)27(37)24-23-15-16-32(40-23)25(24)28(38)34(19-20-36)26(32)29(39)35(18-9-2)31(6,7)21-30(3,4)5/h8-14,23-26,36H,1-2,15-21H2,3-7H3/t23-,24+,25+,26?,32?/m1/s1. The molecule has 0 aromatic heterocycles. The number of ether oxygens (including phenoxy) is 1. The second kappa shape index (κ2) is 11.1. The molecule has 1 aromatic carbocycles. The van der Waals surface area contributed by atoms with E-state index < -0.39 is 35.1 Å². The SMILES string of the molecule is C=CCN(C(=O)[C@@H]1[C@H]2C(=O)N(CCO)C(C(=O)N(CC=C)C(C)(C)CC(C)(C)C)C23CC[C@H]1O3)c1ccccc1. The molecule has 0 aliphatic carbocycles. The molecule has 3 amide bonds. The molecule has 1 N–H and O–H groups in total. The van der Waals surface area contributed by atoms with E-state index in [2.05, 4.69) is 33.9 Å². The summed E-state index contributed by atoms with van der Waals surface area (Å²) in [6, 6.07) is 8.40. The Labute approximate surface area is 238 Å². The van der Waals surface area contributed by atoms with Crippen molar-refractivity contribution in [2.45, 2.75) is 77.2 Å². The highest BCUT2D eigenvalue weighted by molar-refractivity contribution is 6.03. The van der Waals surface area contributed by atoms with Crippen LogP contribution in [0.4, 0.5) is 5.69 Å². The number of fused-ring (bicyclic) bond motifs is 1. The van der Waals surface area contributed by atoms with Gasteiger partial charge in [0.05, 0.1) is 24.5 Å². The van der Waals surface area contributed by atoms with E-state index in [9.17, 15) is 19.5 Å². The Morgan fingerprint density at radius 2 is 1.75 bits per heavy atom. The summed E-state index contributed by atoms with van der Waals surface area (Å²) in [5.74, 6) is -2.25. The molecule has 5 atom stereocenters. The lowest BCUT2D eigenvalue weighted by atomic mass is 9.70. The Bertz CT molecular complexity index is 1140. The second-order valence-electron chi connectivity index (χ2n) is 13.2. The zero-order chi connectivity index (χ0) is 29.5. The molecule has 2 unspecified atom stereocenters. The van der Waals surface area contributed by atoms with Crippen LogP contribution in [0.1, 0.15) is 53.9 Å². The number of hydrogen-bond donors (Lipinski definition) is 1. The number of amides is 3. The van der Waals surface area contributed by atoms with Crippen LogP contribution in [0.15, 0.2) is 55.6 Å². The Morgan fingerprint density at radius 1 is 1.10 bits per heavy atom. The zero-order valence-corrected chi connectivity index (χ0v) is 24.6. The molecule has 4 rings (SSSR count). The average Bonchev–Trinajstić information content (AvgIpc) is 3.52. The van der Waals surface area contributed by atoms with Gasteiger partial charge in [0.15, 0.2) is 0 Å². The first-order valence-electron chi connectivity index (χ1n) is 14.3. The van der Waals surface area contributed by atoms with Crippen molar-refractivity contribution in [1.29, 1.82) is 0 Å². The van der Waals surface area contributed by atoms with Gasteiger partial charge in [-0.1, -0.05) is 51.1 Å². The van der Waals surface area contributed by atoms with Gasteiger partial charge in [-0.3, -0.25) is 14.4 Å². The molecule has 3 aliphatic heterocycles. The summed E-state index contributed by atoms with van der Waals surface area (Å²) in [7, 11) is 0. The smallest absolute Gasteiger partial charge is 0.249 e. The molecule has 218 valence electrons. The van der Waals surface area contributed by atoms with Gasteiger partial charge in [-0.2, -0.15) is 0 Å². The van der Waals surface area contributed by atoms with E-state index in [0.717, 1.165) is 12.1 Å². The molecule has 3 saturated heterocycles. The van der Waals surface area contributed by atoms with Crippen LogP contribution in [0.2, 0.25) is 0 Å². The molecule has 3 fully saturated rings. The van der Waals surface area contributed by atoms with Crippen LogP contribution in [0.25, 0.3) is 0 Å². The Balaban J connectivity index is 1.75. The Kier molecular flexibility index (Phi) is 8.35. The predicted molar refractivity (Wildman–Crippen MR) is 155 cm³/mol. The van der Waals surface area contributed by atoms with Gasteiger partial charge in [-0.05, 0) is 50.7 Å². The minimum absolute atomic E-state index is 0.000880. The molecular weight excluding hydrogens is 506 g/mol.